The number of anilines is 1. The molecule has 0 aliphatic rings. The van der Waals surface area contributed by atoms with Crippen molar-refractivity contribution < 1.29 is 4.74 Å². The summed E-state index contributed by atoms with van der Waals surface area (Å²) in [5.74, 6) is 0.642. The van der Waals surface area contributed by atoms with Crippen molar-refractivity contribution in [3.05, 3.63) is 54.1 Å². The van der Waals surface area contributed by atoms with E-state index in [-0.39, 0.29) is 0 Å². The fraction of sp³-hybridized carbons (Fsp3) is 0.0714. The molecule has 0 atom stereocenters. The van der Waals surface area contributed by atoms with E-state index >= 15 is 0 Å². The normalized spacial score (nSPS) is 10.4. The Balaban J connectivity index is 1.92. The molecule has 0 saturated carbocycles. The van der Waals surface area contributed by atoms with Crippen LogP contribution < -0.4 is 10.5 Å². The first-order valence-electron chi connectivity index (χ1n) is 6.12. The van der Waals surface area contributed by atoms with Gasteiger partial charge in [-0.25, -0.2) is 0 Å². The van der Waals surface area contributed by atoms with Gasteiger partial charge in [-0.3, -0.25) is 0 Å². The maximum absolute atomic E-state index is 5.78. The van der Waals surface area contributed by atoms with Gasteiger partial charge < -0.3 is 10.5 Å². The number of hydrogen-bond acceptors (Lipinski definition) is 5. The van der Waals surface area contributed by atoms with Crippen LogP contribution in [0.4, 0.5) is 5.69 Å². The molecule has 20 heavy (non-hydrogen) atoms. The molecule has 0 bridgehead atoms. The van der Waals surface area contributed by atoms with Crippen molar-refractivity contribution >= 4 is 5.69 Å². The van der Waals surface area contributed by atoms with E-state index in [0.29, 0.717) is 11.8 Å². The minimum atomic E-state index is 0.306. The lowest BCUT2D eigenvalue weighted by Gasteiger charge is -2.07. The van der Waals surface area contributed by atoms with Crippen LogP contribution in [0.3, 0.4) is 0 Å². The van der Waals surface area contributed by atoms with E-state index < -0.39 is 0 Å². The maximum Gasteiger partial charge on any atom is 0.345 e. The third kappa shape index (κ3) is 2.31. The van der Waals surface area contributed by atoms with Crippen LogP contribution in [-0.4, -0.2) is 20.2 Å². The average molecular weight is 267 g/mol. The van der Waals surface area contributed by atoms with Crippen LogP contribution >= 0.6 is 0 Å². The molecule has 0 aliphatic carbocycles. The highest BCUT2D eigenvalue weighted by Gasteiger charge is 2.10. The highest BCUT2D eigenvalue weighted by molar-refractivity contribution is 5.50. The number of aromatic nitrogens is 4. The fourth-order valence-corrected chi connectivity index (χ4v) is 1.79. The number of aryl methyl sites for hydroxylation is 1. The predicted octanol–water partition coefficient (Wildman–Crippen LogP) is 2.35. The number of benzene rings is 2. The van der Waals surface area contributed by atoms with Gasteiger partial charge in [0.2, 0.25) is 0 Å². The Hall–Kier alpha value is -2.89. The number of nitrogens with two attached hydrogens (primary N) is 1. The molecule has 0 aliphatic heterocycles. The molecule has 1 heterocycles. The van der Waals surface area contributed by atoms with Gasteiger partial charge in [-0.2, -0.15) is 4.68 Å². The van der Waals surface area contributed by atoms with Gasteiger partial charge in [0.25, 0.3) is 0 Å². The molecule has 1 aromatic heterocycles. The second-order valence-corrected chi connectivity index (χ2v) is 4.33. The second kappa shape index (κ2) is 5.00. The van der Waals surface area contributed by atoms with Crippen molar-refractivity contribution in [1.82, 2.24) is 20.2 Å². The van der Waals surface area contributed by atoms with E-state index in [9.17, 15) is 0 Å². The Kier molecular flexibility index (Phi) is 3.04. The Bertz CT molecular complexity index is 723. The van der Waals surface area contributed by atoms with Crippen molar-refractivity contribution in [3.63, 3.8) is 0 Å². The summed E-state index contributed by atoms with van der Waals surface area (Å²) in [6.07, 6.45) is 0. The van der Waals surface area contributed by atoms with Crippen LogP contribution in [-0.2, 0) is 0 Å². The van der Waals surface area contributed by atoms with Gasteiger partial charge in [-0.05, 0) is 53.2 Å². The Morgan fingerprint density at radius 3 is 2.65 bits per heavy atom. The van der Waals surface area contributed by atoms with Crippen molar-refractivity contribution in [2.45, 2.75) is 6.92 Å². The highest BCUT2D eigenvalue weighted by Crippen LogP contribution is 2.24. The average Bonchev–Trinajstić information content (AvgIpc) is 2.92. The summed E-state index contributed by atoms with van der Waals surface area (Å²) < 4.78 is 7.24. The molecule has 100 valence electrons. The minimum Gasteiger partial charge on any atom is -0.423 e. The zero-order valence-electron chi connectivity index (χ0n) is 10.9. The third-order valence-corrected chi connectivity index (χ3v) is 2.89. The van der Waals surface area contributed by atoms with Gasteiger partial charge in [-0.15, -0.1) is 0 Å². The molecule has 0 radical (unpaired) electrons. The third-order valence-electron chi connectivity index (χ3n) is 2.89. The van der Waals surface area contributed by atoms with E-state index in [0.717, 1.165) is 16.9 Å². The maximum atomic E-state index is 5.78. The van der Waals surface area contributed by atoms with Crippen molar-refractivity contribution in [1.29, 1.82) is 0 Å². The number of para-hydroxylation sites is 1. The molecule has 6 nitrogen and oxygen atoms in total. The zero-order chi connectivity index (χ0) is 13.9. The van der Waals surface area contributed by atoms with Crippen molar-refractivity contribution in [3.8, 4) is 17.4 Å². The molecule has 2 N–H and O–H groups in total. The summed E-state index contributed by atoms with van der Waals surface area (Å²) in [4.78, 5) is 0. The van der Waals surface area contributed by atoms with Gasteiger partial charge in [0.05, 0.1) is 5.69 Å². The van der Waals surface area contributed by atoms with Crippen LogP contribution in [0, 0.1) is 6.92 Å². The van der Waals surface area contributed by atoms with Crippen molar-refractivity contribution in [2.75, 3.05) is 5.73 Å². The van der Waals surface area contributed by atoms with E-state index in [1.807, 2.05) is 43.3 Å². The number of hydrogen-bond donors (Lipinski definition) is 1. The summed E-state index contributed by atoms with van der Waals surface area (Å²) in [7, 11) is 0. The molecule has 0 saturated heterocycles. The lowest BCUT2D eigenvalue weighted by molar-refractivity contribution is 0.427. The predicted molar refractivity (Wildman–Crippen MR) is 74.8 cm³/mol. The fourth-order valence-electron chi connectivity index (χ4n) is 1.79. The van der Waals surface area contributed by atoms with E-state index in [1.165, 1.54) is 4.68 Å². The molecule has 0 amide bonds. The lowest BCUT2D eigenvalue weighted by Crippen LogP contribution is -2.00. The second-order valence-electron chi connectivity index (χ2n) is 4.33. The number of ether oxygens (including phenoxy) is 1. The molecular weight excluding hydrogens is 254 g/mol. The first-order valence-corrected chi connectivity index (χ1v) is 6.12. The molecule has 0 spiro atoms. The zero-order valence-corrected chi connectivity index (χ0v) is 10.9. The van der Waals surface area contributed by atoms with E-state index in [1.54, 1.807) is 12.1 Å². The molecule has 0 unspecified atom stereocenters. The van der Waals surface area contributed by atoms with Crippen LogP contribution in [0.15, 0.2) is 48.5 Å². The molecule has 6 heteroatoms. The van der Waals surface area contributed by atoms with Crippen LogP contribution in [0.5, 0.6) is 11.8 Å². The van der Waals surface area contributed by atoms with Crippen LogP contribution in [0.25, 0.3) is 5.69 Å². The summed E-state index contributed by atoms with van der Waals surface area (Å²) in [5.41, 5.74) is 8.28. The largest absolute Gasteiger partial charge is 0.423 e. The number of nitrogen functional groups attached to an aromatic ring is 1. The Morgan fingerprint density at radius 2 is 1.90 bits per heavy atom. The molecule has 3 aromatic rings. The lowest BCUT2D eigenvalue weighted by atomic mass is 10.2. The number of rotatable bonds is 3. The summed E-state index contributed by atoms with van der Waals surface area (Å²) >= 11 is 0. The topological polar surface area (TPSA) is 78.9 Å². The molecule has 3 rings (SSSR count). The Labute approximate surface area is 115 Å². The summed E-state index contributed by atoms with van der Waals surface area (Å²) in [6.45, 7) is 1.92. The Morgan fingerprint density at radius 1 is 1.10 bits per heavy atom. The molecule has 0 fully saturated rings. The van der Waals surface area contributed by atoms with E-state index in [2.05, 4.69) is 15.5 Å². The van der Waals surface area contributed by atoms with E-state index in [4.69, 9.17) is 10.5 Å². The van der Waals surface area contributed by atoms with Gasteiger partial charge in [-0.1, -0.05) is 23.3 Å². The van der Waals surface area contributed by atoms with Crippen molar-refractivity contribution in [2.24, 2.45) is 0 Å². The van der Waals surface area contributed by atoms with Gasteiger partial charge in [0.1, 0.15) is 5.75 Å². The monoisotopic (exact) mass is 267 g/mol. The number of tetrazole rings is 1. The highest BCUT2D eigenvalue weighted by atomic mass is 16.5. The minimum absolute atomic E-state index is 0.306. The number of nitrogens with zero attached hydrogens (tertiary/aromatic N) is 4. The van der Waals surface area contributed by atoms with Gasteiger partial charge >= 0.3 is 6.01 Å². The molecule has 2 aromatic carbocycles. The van der Waals surface area contributed by atoms with Crippen LogP contribution in [0.2, 0.25) is 0 Å². The molecular formula is C14H13N5O. The summed E-state index contributed by atoms with van der Waals surface area (Å²) in [5, 5.41) is 11.5. The quantitative estimate of drug-likeness (QED) is 0.737. The summed E-state index contributed by atoms with van der Waals surface area (Å²) in [6, 6.07) is 15.3. The van der Waals surface area contributed by atoms with Crippen LogP contribution in [0.1, 0.15) is 5.56 Å². The van der Waals surface area contributed by atoms with Gasteiger partial charge in [0.15, 0.2) is 0 Å². The SMILES string of the molecule is Cc1cc(Oc2nnnn2-c2ccccc2)ccc1N. The van der Waals surface area contributed by atoms with Gasteiger partial charge in [0, 0.05) is 5.69 Å². The first-order chi connectivity index (χ1) is 9.74. The first kappa shape index (κ1) is 12.2. The standard InChI is InChI=1S/C14H13N5O/c1-10-9-12(7-8-13(10)15)20-14-16-17-18-19(14)11-5-3-2-4-6-11/h2-9H,15H2,1H3. The smallest absolute Gasteiger partial charge is 0.345 e.